The Morgan fingerprint density at radius 2 is 1.89 bits per heavy atom. The van der Waals surface area contributed by atoms with Gasteiger partial charge in [0.05, 0.1) is 17.5 Å². The van der Waals surface area contributed by atoms with Crippen molar-refractivity contribution in [2.75, 3.05) is 5.75 Å². The summed E-state index contributed by atoms with van der Waals surface area (Å²) >= 11 is 4.81. The van der Waals surface area contributed by atoms with E-state index in [-0.39, 0.29) is 23.3 Å². The molecule has 0 fully saturated rings. The SMILES string of the molecule is Cc1ccc(C2CC(c3ccc(Br)cc3)=NN2C(=O)CSc2nnc3[nH]c(=O)c4c(n23)CCC4)cc1. The Balaban J connectivity index is 1.29. The smallest absolute Gasteiger partial charge is 0.255 e. The number of aryl methyl sites for hydroxylation is 2. The lowest BCUT2D eigenvalue weighted by molar-refractivity contribution is -0.130. The van der Waals surface area contributed by atoms with Gasteiger partial charge >= 0.3 is 0 Å². The van der Waals surface area contributed by atoms with Crippen LogP contribution in [0.3, 0.4) is 0 Å². The summed E-state index contributed by atoms with van der Waals surface area (Å²) in [6, 6.07) is 16.1. The minimum absolute atomic E-state index is 0.0946. The molecule has 0 spiro atoms. The van der Waals surface area contributed by atoms with Gasteiger partial charge in [0.25, 0.3) is 11.5 Å². The van der Waals surface area contributed by atoms with Crippen molar-refractivity contribution in [2.45, 2.75) is 43.8 Å². The first-order chi connectivity index (χ1) is 17.5. The zero-order chi connectivity index (χ0) is 24.8. The van der Waals surface area contributed by atoms with E-state index in [1.54, 1.807) is 5.01 Å². The van der Waals surface area contributed by atoms with Crippen LogP contribution in [0.15, 0.2) is 68.1 Å². The molecule has 3 heterocycles. The van der Waals surface area contributed by atoms with Gasteiger partial charge < -0.3 is 0 Å². The predicted molar refractivity (Wildman–Crippen MR) is 142 cm³/mol. The quantitative estimate of drug-likeness (QED) is 0.362. The summed E-state index contributed by atoms with van der Waals surface area (Å²) in [5, 5.41) is 15.4. The van der Waals surface area contributed by atoms with Crippen LogP contribution in [0.1, 0.15) is 46.8 Å². The molecule has 2 aliphatic rings. The van der Waals surface area contributed by atoms with E-state index in [9.17, 15) is 9.59 Å². The molecule has 1 aliphatic heterocycles. The molecule has 36 heavy (non-hydrogen) atoms. The standard InChI is InChI=1S/C26H23BrN6O2S/c1-15-5-7-17(8-6-15)22-13-20(16-9-11-18(27)12-10-16)31-33(22)23(34)14-36-26-30-29-25-28-24(35)19-3-2-4-21(19)32(25)26/h5-12,22H,2-4,13-14H2,1H3,(H,28,29,35). The van der Waals surface area contributed by atoms with Gasteiger partial charge in [0.1, 0.15) is 0 Å². The largest absolute Gasteiger partial charge is 0.290 e. The molecule has 0 bridgehead atoms. The highest BCUT2D eigenvalue weighted by Gasteiger charge is 2.33. The second kappa shape index (κ2) is 9.33. The van der Waals surface area contributed by atoms with Gasteiger partial charge in [0, 0.05) is 22.2 Å². The van der Waals surface area contributed by atoms with Gasteiger partial charge in [0.15, 0.2) is 5.16 Å². The van der Waals surface area contributed by atoms with E-state index in [4.69, 9.17) is 5.10 Å². The highest BCUT2D eigenvalue weighted by Crippen LogP contribution is 2.34. The Labute approximate surface area is 220 Å². The number of amides is 1. The van der Waals surface area contributed by atoms with E-state index < -0.39 is 0 Å². The maximum absolute atomic E-state index is 13.5. The van der Waals surface area contributed by atoms with E-state index in [2.05, 4.69) is 62.3 Å². The van der Waals surface area contributed by atoms with Crippen molar-refractivity contribution < 1.29 is 4.79 Å². The number of nitrogens with zero attached hydrogens (tertiary/aromatic N) is 5. The number of rotatable bonds is 5. The molecule has 1 atom stereocenters. The lowest BCUT2D eigenvalue weighted by atomic mass is 9.98. The summed E-state index contributed by atoms with van der Waals surface area (Å²) in [4.78, 5) is 28.6. The van der Waals surface area contributed by atoms with Gasteiger partial charge in [0.2, 0.25) is 5.78 Å². The number of aromatic nitrogens is 4. The first-order valence-electron chi connectivity index (χ1n) is 11.8. The molecule has 1 aliphatic carbocycles. The molecular formula is C26H23BrN6O2S. The maximum atomic E-state index is 13.5. The van der Waals surface area contributed by atoms with Gasteiger partial charge in [-0.05, 0) is 49.4 Å². The molecule has 182 valence electrons. The molecule has 10 heteroatoms. The van der Waals surface area contributed by atoms with Crippen molar-refractivity contribution in [3.8, 4) is 0 Å². The number of carbonyl (C=O) groups excluding carboxylic acids is 1. The second-order valence-corrected chi connectivity index (χ2v) is 10.9. The molecule has 4 aromatic rings. The zero-order valence-corrected chi connectivity index (χ0v) is 22.0. The van der Waals surface area contributed by atoms with Crippen LogP contribution in [0.2, 0.25) is 0 Å². The molecule has 0 saturated heterocycles. The van der Waals surface area contributed by atoms with Crippen molar-refractivity contribution in [1.82, 2.24) is 24.6 Å². The van der Waals surface area contributed by atoms with Crippen molar-refractivity contribution in [2.24, 2.45) is 5.10 Å². The average molecular weight is 563 g/mol. The Bertz CT molecular complexity index is 1560. The van der Waals surface area contributed by atoms with E-state index in [1.165, 1.54) is 17.3 Å². The van der Waals surface area contributed by atoms with Gasteiger partial charge in [-0.15, -0.1) is 10.2 Å². The first-order valence-corrected chi connectivity index (χ1v) is 13.6. The first kappa shape index (κ1) is 23.2. The number of aromatic amines is 1. The normalized spacial score (nSPS) is 17.0. The lowest BCUT2D eigenvalue weighted by Gasteiger charge is -2.22. The van der Waals surface area contributed by atoms with Gasteiger partial charge in [-0.1, -0.05) is 69.7 Å². The Kier molecular flexibility index (Phi) is 6.00. The van der Waals surface area contributed by atoms with Crippen LogP contribution < -0.4 is 5.56 Å². The number of halogens is 1. The van der Waals surface area contributed by atoms with Crippen LogP contribution in [0.25, 0.3) is 5.78 Å². The van der Waals surface area contributed by atoms with Crippen LogP contribution in [-0.4, -0.2) is 42.0 Å². The van der Waals surface area contributed by atoms with Gasteiger partial charge in [-0.2, -0.15) is 5.10 Å². The minimum Gasteiger partial charge on any atom is -0.290 e. The van der Waals surface area contributed by atoms with E-state index in [0.29, 0.717) is 17.4 Å². The highest BCUT2D eigenvalue weighted by molar-refractivity contribution is 9.10. The molecule has 0 radical (unpaired) electrons. The fourth-order valence-electron chi connectivity index (χ4n) is 4.88. The molecule has 0 saturated carbocycles. The third kappa shape index (κ3) is 4.18. The molecular weight excluding hydrogens is 540 g/mol. The predicted octanol–water partition coefficient (Wildman–Crippen LogP) is 4.45. The van der Waals surface area contributed by atoms with Crippen molar-refractivity contribution in [3.05, 3.63) is 91.3 Å². The Morgan fingerprint density at radius 1 is 1.11 bits per heavy atom. The summed E-state index contributed by atoms with van der Waals surface area (Å²) in [6.07, 6.45) is 3.13. The molecule has 1 unspecified atom stereocenters. The van der Waals surface area contributed by atoms with Crippen LogP contribution in [0, 0.1) is 6.92 Å². The molecule has 6 rings (SSSR count). The van der Waals surface area contributed by atoms with E-state index in [1.807, 2.05) is 28.7 Å². The number of fused-ring (bicyclic) bond motifs is 3. The van der Waals surface area contributed by atoms with Crippen LogP contribution in [-0.2, 0) is 17.6 Å². The Morgan fingerprint density at radius 3 is 2.67 bits per heavy atom. The number of hydrazone groups is 1. The number of H-pyrrole nitrogens is 1. The summed E-state index contributed by atoms with van der Waals surface area (Å²) in [7, 11) is 0. The topological polar surface area (TPSA) is 95.7 Å². The molecule has 2 aromatic heterocycles. The van der Waals surface area contributed by atoms with Crippen molar-refractivity contribution in [3.63, 3.8) is 0 Å². The summed E-state index contributed by atoms with van der Waals surface area (Å²) in [6.45, 7) is 2.05. The number of nitrogens with one attached hydrogen (secondary N) is 1. The third-order valence-corrected chi connectivity index (χ3v) is 8.16. The number of benzene rings is 2. The number of carbonyl (C=O) groups is 1. The highest BCUT2D eigenvalue weighted by atomic mass is 79.9. The van der Waals surface area contributed by atoms with Gasteiger partial charge in [-0.3, -0.25) is 19.0 Å². The molecule has 1 N–H and O–H groups in total. The monoisotopic (exact) mass is 562 g/mol. The van der Waals surface area contributed by atoms with E-state index >= 15 is 0 Å². The number of thioether (sulfide) groups is 1. The minimum atomic E-state index is -0.173. The molecule has 1 amide bonds. The van der Waals surface area contributed by atoms with Crippen LogP contribution >= 0.6 is 27.7 Å². The number of hydrogen-bond donors (Lipinski definition) is 1. The fraction of sp³-hybridized carbons (Fsp3) is 0.269. The molecule has 2 aromatic carbocycles. The summed E-state index contributed by atoms with van der Waals surface area (Å²) in [5.74, 6) is 0.481. The van der Waals surface area contributed by atoms with Crippen LogP contribution in [0.5, 0.6) is 0 Å². The maximum Gasteiger partial charge on any atom is 0.255 e. The number of hydrogen-bond acceptors (Lipinski definition) is 6. The van der Waals surface area contributed by atoms with Crippen molar-refractivity contribution in [1.29, 1.82) is 0 Å². The lowest BCUT2D eigenvalue weighted by Crippen LogP contribution is -2.28. The zero-order valence-electron chi connectivity index (χ0n) is 19.6. The van der Waals surface area contributed by atoms with Gasteiger partial charge in [-0.25, -0.2) is 5.01 Å². The second-order valence-electron chi connectivity index (χ2n) is 9.09. The molecule has 8 nitrogen and oxygen atoms in total. The average Bonchev–Trinajstić information content (AvgIpc) is 3.62. The summed E-state index contributed by atoms with van der Waals surface area (Å²) < 4.78 is 2.89. The Hall–Kier alpha value is -3.24. The van der Waals surface area contributed by atoms with E-state index in [0.717, 1.165) is 51.8 Å². The summed E-state index contributed by atoms with van der Waals surface area (Å²) in [5.41, 5.74) is 5.75. The van der Waals surface area contributed by atoms with Crippen LogP contribution in [0.4, 0.5) is 0 Å². The third-order valence-electron chi connectivity index (χ3n) is 6.72. The van der Waals surface area contributed by atoms with Crippen molar-refractivity contribution >= 4 is 45.1 Å². The fourth-order valence-corrected chi connectivity index (χ4v) is 5.96.